The number of rotatable bonds is 2. The Bertz CT molecular complexity index is 623. The molecule has 4 rings (SSSR count). The average Bonchev–Trinajstić information content (AvgIpc) is 3.10. The van der Waals surface area contributed by atoms with Crippen LogP contribution in [-0.4, -0.2) is 11.5 Å². The zero-order valence-corrected chi connectivity index (χ0v) is 12.9. The summed E-state index contributed by atoms with van der Waals surface area (Å²) in [4.78, 5) is 15.2. The minimum absolute atomic E-state index is 0.167. The second-order valence-corrected chi connectivity index (χ2v) is 7.84. The van der Waals surface area contributed by atoms with Gasteiger partial charge in [-0.15, -0.1) is 11.3 Å². The molecule has 0 bridgehead atoms. The maximum absolute atomic E-state index is 12.7. The van der Waals surface area contributed by atoms with E-state index in [1.165, 1.54) is 27.3 Å². The summed E-state index contributed by atoms with van der Waals surface area (Å²) >= 11 is 3.73. The van der Waals surface area contributed by atoms with E-state index in [1.807, 2.05) is 11.8 Å². The highest BCUT2D eigenvalue weighted by Gasteiger charge is 2.29. The summed E-state index contributed by atoms with van der Waals surface area (Å²) in [5, 5.41) is 0. The molecule has 2 heterocycles. The minimum atomic E-state index is 0.167. The van der Waals surface area contributed by atoms with Crippen molar-refractivity contribution in [1.29, 1.82) is 0 Å². The van der Waals surface area contributed by atoms with Crippen molar-refractivity contribution in [2.75, 3.05) is 5.75 Å². The second kappa shape index (κ2) is 5.05. The van der Waals surface area contributed by atoms with Crippen molar-refractivity contribution in [2.24, 2.45) is 5.92 Å². The Balaban J connectivity index is 1.58. The van der Waals surface area contributed by atoms with Gasteiger partial charge in [0.2, 0.25) is 0 Å². The van der Waals surface area contributed by atoms with Crippen molar-refractivity contribution >= 4 is 28.9 Å². The zero-order valence-electron chi connectivity index (χ0n) is 11.2. The number of fused-ring (bicyclic) bond motifs is 2. The van der Waals surface area contributed by atoms with Crippen LogP contribution in [0.1, 0.15) is 31.2 Å². The number of hydrogen-bond donors (Lipinski definition) is 0. The van der Waals surface area contributed by atoms with Gasteiger partial charge in [-0.1, -0.05) is 24.3 Å². The number of thioether (sulfide) groups is 1. The molecule has 2 aromatic rings. The first-order chi connectivity index (χ1) is 9.81. The van der Waals surface area contributed by atoms with E-state index in [-0.39, 0.29) is 5.92 Å². The number of thiophene rings is 1. The molecule has 0 radical (unpaired) electrons. The monoisotopic (exact) mass is 300 g/mol. The number of Topliss-reactive ketones (excluding diaryl/α,β-unsaturated/α-hetero) is 1. The lowest BCUT2D eigenvalue weighted by atomic mass is 9.99. The Labute approximate surface area is 127 Å². The average molecular weight is 300 g/mol. The Morgan fingerprint density at radius 2 is 1.85 bits per heavy atom. The summed E-state index contributed by atoms with van der Waals surface area (Å²) in [5.74, 6) is 2.82. The summed E-state index contributed by atoms with van der Waals surface area (Å²) in [6.45, 7) is 0. The molecule has 0 spiro atoms. The normalized spacial score (nSPS) is 17.8. The van der Waals surface area contributed by atoms with Gasteiger partial charge in [0.05, 0.1) is 4.88 Å². The summed E-state index contributed by atoms with van der Waals surface area (Å²) < 4.78 is 0. The number of aryl methyl sites for hydroxylation is 1. The topological polar surface area (TPSA) is 17.1 Å². The lowest BCUT2D eigenvalue weighted by Crippen LogP contribution is -2.13. The molecule has 0 unspecified atom stereocenters. The molecule has 1 nitrogen and oxygen atoms in total. The van der Waals surface area contributed by atoms with E-state index in [4.69, 9.17) is 0 Å². The highest BCUT2D eigenvalue weighted by Crippen LogP contribution is 2.35. The van der Waals surface area contributed by atoms with Crippen LogP contribution in [0, 0.1) is 5.92 Å². The number of carbonyl (C=O) groups is 1. The predicted octanol–water partition coefficient (Wildman–Crippen LogP) is 4.14. The van der Waals surface area contributed by atoms with Gasteiger partial charge in [0.25, 0.3) is 0 Å². The van der Waals surface area contributed by atoms with E-state index in [1.54, 1.807) is 11.3 Å². The Morgan fingerprint density at radius 1 is 1.10 bits per heavy atom. The number of benzene rings is 1. The molecule has 102 valence electrons. The van der Waals surface area contributed by atoms with Gasteiger partial charge >= 0.3 is 0 Å². The van der Waals surface area contributed by atoms with Crippen molar-refractivity contribution in [3.05, 3.63) is 56.8 Å². The van der Waals surface area contributed by atoms with Gasteiger partial charge in [0, 0.05) is 16.5 Å². The summed E-state index contributed by atoms with van der Waals surface area (Å²) in [7, 11) is 0. The number of carbonyl (C=O) groups excluding carboxylic acids is 1. The highest BCUT2D eigenvalue weighted by molar-refractivity contribution is 7.98. The van der Waals surface area contributed by atoms with Crippen LogP contribution >= 0.6 is 23.1 Å². The van der Waals surface area contributed by atoms with Gasteiger partial charge in [0.15, 0.2) is 5.78 Å². The van der Waals surface area contributed by atoms with Crippen LogP contribution in [-0.2, 0) is 25.0 Å². The van der Waals surface area contributed by atoms with Gasteiger partial charge in [0.1, 0.15) is 0 Å². The molecular formula is C17H16OS2. The van der Waals surface area contributed by atoms with Crippen molar-refractivity contribution in [2.45, 2.75) is 25.0 Å². The number of hydrogen-bond acceptors (Lipinski definition) is 3. The van der Waals surface area contributed by atoms with Crippen LogP contribution < -0.4 is 0 Å². The van der Waals surface area contributed by atoms with Gasteiger partial charge in [-0.2, -0.15) is 11.8 Å². The quantitative estimate of drug-likeness (QED) is 0.776. The lowest BCUT2D eigenvalue weighted by Gasteiger charge is -2.08. The summed E-state index contributed by atoms with van der Waals surface area (Å²) in [5.41, 5.74) is 4.13. The third-order valence-corrected chi connectivity index (χ3v) is 6.55. The van der Waals surface area contributed by atoms with E-state index >= 15 is 0 Å². The molecule has 0 N–H and O–H groups in total. The first kappa shape index (κ1) is 12.7. The van der Waals surface area contributed by atoms with Crippen LogP contribution in [0.15, 0.2) is 30.3 Å². The van der Waals surface area contributed by atoms with Crippen LogP contribution in [0.2, 0.25) is 0 Å². The first-order valence-corrected chi connectivity index (χ1v) is 9.09. The van der Waals surface area contributed by atoms with Crippen LogP contribution in [0.3, 0.4) is 0 Å². The van der Waals surface area contributed by atoms with Crippen molar-refractivity contribution < 1.29 is 4.79 Å². The molecule has 1 aromatic carbocycles. The molecule has 0 fully saturated rings. The maximum atomic E-state index is 12.7. The first-order valence-electron chi connectivity index (χ1n) is 7.11. The van der Waals surface area contributed by atoms with Gasteiger partial charge in [-0.3, -0.25) is 4.79 Å². The molecule has 3 heteroatoms. The molecular weight excluding hydrogens is 284 g/mol. The number of ketones is 1. The molecule has 0 amide bonds. The molecule has 0 atom stereocenters. The molecule has 1 aromatic heterocycles. The van der Waals surface area contributed by atoms with Gasteiger partial charge < -0.3 is 0 Å². The SMILES string of the molecule is O=C(c1cc2c(s1)CCSC2)C1Cc2ccccc2C1. The standard InChI is InChI=1S/C17H16OS2/c18-17(13-7-11-3-1-2-4-12(11)8-13)16-9-14-10-19-6-5-15(14)20-16/h1-4,9,13H,5-8,10H2. The largest absolute Gasteiger partial charge is 0.293 e. The fraction of sp³-hybridized carbons (Fsp3) is 0.353. The molecule has 1 aliphatic carbocycles. The van der Waals surface area contributed by atoms with Gasteiger partial charge in [-0.25, -0.2) is 0 Å². The fourth-order valence-electron chi connectivity index (χ4n) is 3.21. The minimum Gasteiger partial charge on any atom is -0.293 e. The summed E-state index contributed by atoms with van der Waals surface area (Å²) in [6, 6.07) is 10.6. The van der Waals surface area contributed by atoms with E-state index in [9.17, 15) is 4.79 Å². The Kier molecular flexibility index (Phi) is 3.20. The third-order valence-electron chi connectivity index (χ3n) is 4.29. The fourth-order valence-corrected chi connectivity index (χ4v) is 5.61. The summed E-state index contributed by atoms with van der Waals surface area (Å²) in [6.07, 6.45) is 2.99. The molecule has 2 aliphatic rings. The molecule has 0 saturated heterocycles. The second-order valence-electron chi connectivity index (χ2n) is 5.60. The van der Waals surface area contributed by atoms with E-state index in [2.05, 4.69) is 30.3 Å². The zero-order chi connectivity index (χ0) is 13.5. The Hall–Kier alpha value is -1.06. The van der Waals surface area contributed by atoms with Crippen molar-refractivity contribution in [3.63, 3.8) is 0 Å². The molecule has 20 heavy (non-hydrogen) atoms. The van der Waals surface area contributed by atoms with Gasteiger partial charge in [-0.05, 0) is 47.8 Å². The van der Waals surface area contributed by atoms with Crippen LogP contribution in [0.5, 0.6) is 0 Å². The predicted molar refractivity (Wildman–Crippen MR) is 85.9 cm³/mol. The van der Waals surface area contributed by atoms with E-state index in [0.29, 0.717) is 5.78 Å². The Morgan fingerprint density at radius 3 is 2.55 bits per heavy atom. The molecule has 0 saturated carbocycles. The maximum Gasteiger partial charge on any atom is 0.176 e. The lowest BCUT2D eigenvalue weighted by molar-refractivity contribution is 0.0929. The molecule has 1 aliphatic heterocycles. The van der Waals surface area contributed by atoms with Crippen LogP contribution in [0.25, 0.3) is 0 Å². The van der Waals surface area contributed by atoms with Crippen molar-refractivity contribution in [1.82, 2.24) is 0 Å². The van der Waals surface area contributed by atoms with E-state index in [0.717, 1.165) is 29.9 Å². The third kappa shape index (κ3) is 2.13. The van der Waals surface area contributed by atoms with Crippen molar-refractivity contribution in [3.8, 4) is 0 Å². The smallest absolute Gasteiger partial charge is 0.176 e. The highest BCUT2D eigenvalue weighted by atomic mass is 32.2. The van der Waals surface area contributed by atoms with Crippen LogP contribution in [0.4, 0.5) is 0 Å². The van der Waals surface area contributed by atoms with E-state index < -0.39 is 0 Å².